The van der Waals surface area contributed by atoms with Gasteiger partial charge in [-0.1, -0.05) is 138 Å². The lowest BCUT2D eigenvalue weighted by Crippen LogP contribution is -2.26. The molecule has 33 heavy (non-hydrogen) atoms. The first-order valence-electron chi connectivity index (χ1n) is 14.2. The van der Waals surface area contributed by atoms with E-state index in [-0.39, 0.29) is 5.41 Å². The zero-order valence-corrected chi connectivity index (χ0v) is 23.7. The molecular weight excluding hydrogens is 400 g/mol. The summed E-state index contributed by atoms with van der Waals surface area (Å²) in [5.74, 6) is 2.20. The van der Waals surface area contributed by atoms with E-state index in [2.05, 4.69) is 67.5 Å². The normalized spacial score (nSPS) is 15.4. The van der Waals surface area contributed by atoms with Crippen molar-refractivity contribution in [3.63, 3.8) is 0 Å². The molecule has 1 aromatic carbocycles. The minimum atomic E-state index is 0.288. The van der Waals surface area contributed by atoms with Crippen molar-refractivity contribution in [1.82, 2.24) is 0 Å². The second kappa shape index (κ2) is 15.1. The smallest absolute Gasteiger partial charge is 0.119 e. The van der Waals surface area contributed by atoms with Crippen molar-refractivity contribution < 1.29 is 5.11 Å². The average Bonchev–Trinajstić information content (AvgIpc) is 2.72. The molecule has 0 heterocycles. The van der Waals surface area contributed by atoms with Gasteiger partial charge >= 0.3 is 0 Å². The van der Waals surface area contributed by atoms with E-state index >= 15 is 0 Å². The Morgan fingerprint density at radius 3 is 1.70 bits per heavy atom. The summed E-state index contributed by atoms with van der Waals surface area (Å²) in [6.45, 7) is 19.0. The molecule has 0 aliphatic rings. The molecule has 0 fully saturated rings. The highest BCUT2D eigenvalue weighted by molar-refractivity contribution is 5.35. The molecule has 0 radical (unpaired) electrons. The van der Waals surface area contributed by atoms with Gasteiger partial charge in [-0.3, -0.25) is 0 Å². The molecule has 1 N–H and O–H groups in total. The van der Waals surface area contributed by atoms with Gasteiger partial charge in [0.15, 0.2) is 0 Å². The molecule has 192 valence electrons. The molecule has 3 atom stereocenters. The Labute approximate surface area is 208 Å². The third-order valence-electron chi connectivity index (χ3n) is 8.19. The summed E-state index contributed by atoms with van der Waals surface area (Å²) in [7, 11) is 0. The monoisotopic (exact) mass is 458 g/mol. The number of phenols is 1. The van der Waals surface area contributed by atoms with Gasteiger partial charge in [-0.2, -0.15) is 0 Å². The molecule has 0 bridgehead atoms. The minimum Gasteiger partial charge on any atom is -0.508 e. The van der Waals surface area contributed by atoms with E-state index in [1.165, 1.54) is 77.0 Å². The molecule has 0 saturated heterocycles. The van der Waals surface area contributed by atoms with Crippen LogP contribution in [0.5, 0.6) is 5.75 Å². The molecule has 0 amide bonds. The van der Waals surface area contributed by atoms with E-state index < -0.39 is 0 Å². The molecule has 0 aliphatic carbocycles. The molecular formula is C32H58O. The molecule has 0 saturated carbocycles. The number of phenolic OH excluding ortho intramolecular Hbond substituents is 1. The number of hydrogen-bond donors (Lipinski definition) is 1. The highest BCUT2D eigenvalue weighted by Gasteiger charge is 2.31. The second-order valence-electron chi connectivity index (χ2n) is 13.0. The summed E-state index contributed by atoms with van der Waals surface area (Å²) in [6.07, 6.45) is 17.6. The molecule has 1 heteroatoms. The highest BCUT2D eigenvalue weighted by Crippen LogP contribution is 2.44. The highest BCUT2D eigenvalue weighted by atomic mass is 16.3. The number of hydrogen-bond acceptors (Lipinski definition) is 1. The van der Waals surface area contributed by atoms with Gasteiger partial charge in [0.2, 0.25) is 0 Å². The quantitative estimate of drug-likeness (QED) is 0.244. The SMILES string of the molecule is CCCCCCCCCCCCC(CC(CC(C)C(C)(C)C)c1ccccc1O)C(C)(C)C. The fourth-order valence-corrected chi connectivity index (χ4v) is 5.09. The summed E-state index contributed by atoms with van der Waals surface area (Å²) in [6, 6.07) is 8.08. The summed E-state index contributed by atoms with van der Waals surface area (Å²) < 4.78 is 0. The first-order valence-corrected chi connectivity index (χ1v) is 14.2. The molecule has 0 aromatic heterocycles. The topological polar surface area (TPSA) is 20.2 Å². The van der Waals surface area contributed by atoms with Crippen LogP contribution < -0.4 is 0 Å². The number of para-hydroxylation sites is 1. The third kappa shape index (κ3) is 12.3. The molecule has 1 aromatic rings. The van der Waals surface area contributed by atoms with Crippen molar-refractivity contribution in [3.05, 3.63) is 29.8 Å². The van der Waals surface area contributed by atoms with Gasteiger partial charge in [-0.15, -0.1) is 0 Å². The van der Waals surface area contributed by atoms with Crippen molar-refractivity contribution in [3.8, 4) is 5.75 Å². The van der Waals surface area contributed by atoms with Crippen LogP contribution in [-0.2, 0) is 0 Å². The summed E-state index contributed by atoms with van der Waals surface area (Å²) in [5, 5.41) is 10.7. The molecule has 1 nitrogen and oxygen atoms in total. The van der Waals surface area contributed by atoms with Crippen LogP contribution in [-0.4, -0.2) is 5.11 Å². The van der Waals surface area contributed by atoms with E-state index in [4.69, 9.17) is 0 Å². The van der Waals surface area contributed by atoms with Crippen LogP contribution in [0.15, 0.2) is 24.3 Å². The van der Waals surface area contributed by atoms with Gasteiger partial charge < -0.3 is 5.11 Å². The van der Waals surface area contributed by atoms with Crippen LogP contribution in [0.25, 0.3) is 0 Å². The van der Waals surface area contributed by atoms with Crippen LogP contribution in [0, 0.1) is 22.7 Å². The summed E-state index contributed by atoms with van der Waals surface area (Å²) in [4.78, 5) is 0. The minimum absolute atomic E-state index is 0.288. The Hall–Kier alpha value is -0.980. The van der Waals surface area contributed by atoms with Crippen LogP contribution in [0.3, 0.4) is 0 Å². The lowest BCUT2D eigenvalue weighted by Gasteiger charge is -2.37. The Balaban J connectivity index is 2.67. The van der Waals surface area contributed by atoms with Gasteiger partial charge in [-0.05, 0) is 59.5 Å². The fraction of sp³-hybridized carbons (Fsp3) is 0.812. The van der Waals surface area contributed by atoms with Crippen molar-refractivity contribution in [2.24, 2.45) is 22.7 Å². The third-order valence-corrected chi connectivity index (χ3v) is 8.19. The predicted molar refractivity (Wildman–Crippen MR) is 148 cm³/mol. The molecule has 3 unspecified atom stereocenters. The molecule has 1 rings (SSSR count). The first-order chi connectivity index (χ1) is 15.5. The lowest BCUT2D eigenvalue weighted by atomic mass is 9.68. The van der Waals surface area contributed by atoms with Gasteiger partial charge in [0.25, 0.3) is 0 Å². The van der Waals surface area contributed by atoms with Crippen molar-refractivity contribution in [1.29, 1.82) is 0 Å². The second-order valence-corrected chi connectivity index (χ2v) is 13.0. The van der Waals surface area contributed by atoms with Gasteiger partial charge in [0, 0.05) is 0 Å². The standard InChI is InChI=1S/C32H58O/c1-9-10-11-12-13-14-15-16-17-18-21-28(32(6,7)8)25-27(24-26(2)31(3,4)5)29-22-19-20-23-30(29)33/h19-20,22-23,26-28,33H,9-18,21,24-25H2,1-8H3. The van der Waals surface area contributed by atoms with Gasteiger partial charge in [-0.25, -0.2) is 0 Å². The molecule has 0 aliphatic heterocycles. The number of rotatable bonds is 16. The maximum Gasteiger partial charge on any atom is 0.119 e. The summed E-state index contributed by atoms with van der Waals surface area (Å²) in [5.41, 5.74) is 1.74. The number of unbranched alkanes of at least 4 members (excludes halogenated alkanes) is 9. The van der Waals surface area contributed by atoms with E-state index in [1.807, 2.05) is 12.1 Å². The Morgan fingerprint density at radius 2 is 1.21 bits per heavy atom. The van der Waals surface area contributed by atoms with Crippen LogP contribution in [0.2, 0.25) is 0 Å². The van der Waals surface area contributed by atoms with Crippen molar-refractivity contribution in [2.75, 3.05) is 0 Å². The zero-order chi connectivity index (χ0) is 24.9. The maximum absolute atomic E-state index is 10.7. The van der Waals surface area contributed by atoms with Crippen molar-refractivity contribution >= 4 is 0 Å². The predicted octanol–water partition coefficient (Wildman–Crippen LogP) is 10.9. The molecule has 0 spiro atoms. The lowest BCUT2D eigenvalue weighted by molar-refractivity contribution is 0.169. The Kier molecular flexibility index (Phi) is 13.8. The van der Waals surface area contributed by atoms with E-state index in [0.717, 1.165) is 12.0 Å². The maximum atomic E-state index is 10.7. The van der Waals surface area contributed by atoms with Crippen molar-refractivity contribution in [2.45, 2.75) is 145 Å². The summed E-state index contributed by atoms with van der Waals surface area (Å²) >= 11 is 0. The average molecular weight is 459 g/mol. The zero-order valence-electron chi connectivity index (χ0n) is 23.7. The Bertz CT molecular complexity index is 618. The van der Waals surface area contributed by atoms with Crippen LogP contribution >= 0.6 is 0 Å². The van der Waals surface area contributed by atoms with Gasteiger partial charge in [0.05, 0.1) is 0 Å². The fourth-order valence-electron chi connectivity index (χ4n) is 5.09. The van der Waals surface area contributed by atoms with Crippen LogP contribution in [0.1, 0.15) is 150 Å². The van der Waals surface area contributed by atoms with E-state index in [1.54, 1.807) is 0 Å². The Morgan fingerprint density at radius 1 is 0.697 bits per heavy atom. The first kappa shape index (κ1) is 30.1. The van der Waals surface area contributed by atoms with E-state index in [0.29, 0.717) is 28.9 Å². The van der Waals surface area contributed by atoms with E-state index in [9.17, 15) is 5.11 Å². The number of aromatic hydroxyl groups is 1. The van der Waals surface area contributed by atoms with Crippen LogP contribution in [0.4, 0.5) is 0 Å². The number of benzene rings is 1. The van der Waals surface area contributed by atoms with Gasteiger partial charge in [0.1, 0.15) is 5.75 Å². The largest absolute Gasteiger partial charge is 0.508 e.